The van der Waals surface area contributed by atoms with Crippen LogP contribution < -0.4 is 0 Å². The molecule has 0 saturated heterocycles. The van der Waals surface area contributed by atoms with Gasteiger partial charge in [-0.3, -0.25) is 0 Å². The molecule has 0 fully saturated rings. The summed E-state index contributed by atoms with van der Waals surface area (Å²) >= 11 is 0. The van der Waals surface area contributed by atoms with Crippen molar-refractivity contribution in [3.63, 3.8) is 0 Å². The molecular weight excluding hydrogens is 749 g/mol. The van der Waals surface area contributed by atoms with Crippen LogP contribution in [0.1, 0.15) is 49.9 Å². The number of nitrogens with zero attached hydrogens (tertiary/aromatic N) is 2. The fraction of sp³-hybridized carbons (Fsp3) is 0.100. The molecule has 0 aliphatic heterocycles. The normalized spacial score (nSPS) is 14.4. The minimum absolute atomic E-state index is 0.285. The molecule has 294 valence electrons. The molecule has 0 atom stereocenters. The summed E-state index contributed by atoms with van der Waals surface area (Å²) in [6.07, 6.45) is 0. The summed E-state index contributed by atoms with van der Waals surface area (Å²) in [5.74, 6) is 0. The molecule has 0 saturated carbocycles. The zero-order chi connectivity index (χ0) is 41.5. The third-order valence-corrected chi connectivity index (χ3v) is 14.4. The molecular formula is C60H44N2. The fourth-order valence-corrected chi connectivity index (χ4v) is 11.8. The van der Waals surface area contributed by atoms with Crippen molar-refractivity contribution in [2.45, 2.75) is 38.5 Å². The van der Waals surface area contributed by atoms with Crippen LogP contribution in [-0.4, -0.2) is 9.13 Å². The number of hydrogen-bond acceptors (Lipinski definition) is 0. The Labute approximate surface area is 362 Å². The van der Waals surface area contributed by atoms with E-state index in [4.69, 9.17) is 0 Å². The van der Waals surface area contributed by atoms with E-state index in [2.05, 4.69) is 231 Å². The number of benzene rings is 9. The van der Waals surface area contributed by atoms with E-state index in [9.17, 15) is 0 Å². The second-order valence-electron chi connectivity index (χ2n) is 18.4. The van der Waals surface area contributed by atoms with Gasteiger partial charge in [0, 0.05) is 43.7 Å². The minimum atomic E-state index is -0.285. The van der Waals surface area contributed by atoms with E-state index in [1.165, 1.54) is 122 Å². The summed E-state index contributed by atoms with van der Waals surface area (Å²) in [7, 11) is 0. The van der Waals surface area contributed by atoms with Crippen LogP contribution in [0.2, 0.25) is 0 Å². The summed E-state index contributed by atoms with van der Waals surface area (Å²) < 4.78 is 4.94. The first-order valence-electron chi connectivity index (χ1n) is 21.9. The number of para-hydroxylation sites is 4. The average Bonchev–Trinajstić information content (AvgIpc) is 3.98. The predicted octanol–water partition coefficient (Wildman–Crippen LogP) is 15.8. The largest absolute Gasteiger partial charge is 0.309 e. The van der Waals surface area contributed by atoms with Crippen molar-refractivity contribution in [1.29, 1.82) is 0 Å². The third kappa shape index (κ3) is 4.59. The van der Waals surface area contributed by atoms with E-state index in [0.29, 0.717) is 0 Å². The van der Waals surface area contributed by atoms with Crippen molar-refractivity contribution >= 4 is 43.6 Å². The van der Waals surface area contributed by atoms with Gasteiger partial charge in [0.15, 0.2) is 0 Å². The lowest BCUT2D eigenvalue weighted by atomic mass is 9.70. The molecule has 2 aliphatic carbocycles. The highest BCUT2D eigenvalue weighted by atomic mass is 15.0. The second-order valence-corrected chi connectivity index (χ2v) is 18.4. The van der Waals surface area contributed by atoms with Gasteiger partial charge < -0.3 is 9.13 Å². The van der Waals surface area contributed by atoms with Crippen LogP contribution in [-0.2, 0) is 10.8 Å². The molecule has 0 radical (unpaired) electrons. The number of rotatable bonds is 4. The monoisotopic (exact) mass is 792 g/mol. The molecule has 9 aromatic carbocycles. The van der Waals surface area contributed by atoms with Crippen molar-refractivity contribution in [3.05, 3.63) is 216 Å². The van der Waals surface area contributed by atoms with E-state index in [1.54, 1.807) is 0 Å². The summed E-state index contributed by atoms with van der Waals surface area (Å²) in [6, 6.07) is 72.5. The van der Waals surface area contributed by atoms with Gasteiger partial charge in [0.1, 0.15) is 0 Å². The molecule has 0 amide bonds. The van der Waals surface area contributed by atoms with E-state index < -0.39 is 0 Å². The van der Waals surface area contributed by atoms with Crippen LogP contribution in [0.5, 0.6) is 0 Å². The predicted molar refractivity (Wildman–Crippen MR) is 261 cm³/mol. The molecule has 2 aliphatic rings. The van der Waals surface area contributed by atoms with Gasteiger partial charge in [0.25, 0.3) is 0 Å². The zero-order valence-corrected chi connectivity index (χ0v) is 35.4. The van der Waals surface area contributed by atoms with Crippen molar-refractivity contribution < 1.29 is 0 Å². The van der Waals surface area contributed by atoms with Crippen LogP contribution in [0.25, 0.3) is 99.5 Å². The lowest BCUT2D eigenvalue weighted by Crippen LogP contribution is -2.21. The quantitative estimate of drug-likeness (QED) is 0.168. The summed E-state index contributed by atoms with van der Waals surface area (Å²) in [5.41, 5.74) is 22.8. The Morgan fingerprint density at radius 2 is 0.629 bits per heavy atom. The molecule has 2 heteroatoms. The van der Waals surface area contributed by atoms with E-state index in [1.807, 2.05) is 0 Å². The molecule has 2 nitrogen and oxygen atoms in total. The van der Waals surface area contributed by atoms with Gasteiger partial charge in [0.05, 0.1) is 22.1 Å². The molecule has 11 aromatic rings. The zero-order valence-electron chi connectivity index (χ0n) is 35.4. The smallest absolute Gasteiger partial charge is 0.0541 e. The van der Waals surface area contributed by atoms with Crippen molar-refractivity contribution in [3.8, 4) is 55.9 Å². The summed E-state index contributed by atoms with van der Waals surface area (Å²) in [5, 5.41) is 5.10. The highest BCUT2D eigenvalue weighted by Gasteiger charge is 2.48. The SMILES string of the molecule is CC1(C)c2ccc(-n3c4ccccc4c4ccccc43)cc2-c2c(-c3ccccc3)c3c(c(-c4ccccc4)c21)C(C)(C)c1ccc(-n2c4ccccc4c4ccccc42)cc1-3. The Morgan fingerprint density at radius 3 is 1.00 bits per heavy atom. The Morgan fingerprint density at radius 1 is 0.306 bits per heavy atom. The van der Waals surface area contributed by atoms with Crippen molar-refractivity contribution in [2.75, 3.05) is 0 Å². The highest BCUT2D eigenvalue weighted by Crippen LogP contribution is 2.65. The minimum Gasteiger partial charge on any atom is -0.309 e. The Bertz CT molecular complexity index is 3360. The van der Waals surface area contributed by atoms with Gasteiger partial charge >= 0.3 is 0 Å². The van der Waals surface area contributed by atoms with E-state index in [0.717, 1.165) is 0 Å². The lowest BCUT2D eigenvalue weighted by Gasteiger charge is -2.32. The molecule has 0 bridgehead atoms. The van der Waals surface area contributed by atoms with Gasteiger partial charge in [-0.1, -0.05) is 173 Å². The fourth-order valence-electron chi connectivity index (χ4n) is 11.8. The molecule has 0 unspecified atom stereocenters. The first-order chi connectivity index (χ1) is 30.3. The van der Waals surface area contributed by atoms with Crippen LogP contribution in [0.3, 0.4) is 0 Å². The van der Waals surface area contributed by atoms with Crippen molar-refractivity contribution in [1.82, 2.24) is 9.13 Å². The van der Waals surface area contributed by atoms with Crippen LogP contribution >= 0.6 is 0 Å². The average molecular weight is 793 g/mol. The third-order valence-electron chi connectivity index (χ3n) is 14.4. The van der Waals surface area contributed by atoms with E-state index >= 15 is 0 Å². The maximum absolute atomic E-state index is 2.50. The first-order valence-corrected chi connectivity index (χ1v) is 21.9. The van der Waals surface area contributed by atoms with Gasteiger partial charge in [-0.05, 0) is 115 Å². The van der Waals surface area contributed by atoms with Gasteiger partial charge in [-0.2, -0.15) is 0 Å². The Kier molecular flexibility index (Phi) is 7.16. The molecule has 0 N–H and O–H groups in total. The number of aromatic nitrogens is 2. The molecule has 2 aromatic heterocycles. The molecule has 0 spiro atoms. The highest BCUT2D eigenvalue weighted by molar-refractivity contribution is 6.12. The topological polar surface area (TPSA) is 9.86 Å². The maximum Gasteiger partial charge on any atom is 0.0541 e. The van der Waals surface area contributed by atoms with E-state index in [-0.39, 0.29) is 10.8 Å². The molecule has 62 heavy (non-hydrogen) atoms. The molecule has 2 heterocycles. The Balaban J connectivity index is 1.18. The lowest BCUT2D eigenvalue weighted by molar-refractivity contribution is 0.642. The first kappa shape index (κ1) is 35.3. The number of fused-ring (bicyclic) bond motifs is 12. The van der Waals surface area contributed by atoms with Crippen LogP contribution in [0.15, 0.2) is 194 Å². The summed E-state index contributed by atoms with van der Waals surface area (Å²) in [6.45, 7) is 9.84. The molecule has 13 rings (SSSR count). The van der Waals surface area contributed by atoms with Gasteiger partial charge in [-0.25, -0.2) is 0 Å². The maximum atomic E-state index is 2.50. The van der Waals surface area contributed by atoms with Gasteiger partial charge in [-0.15, -0.1) is 0 Å². The van der Waals surface area contributed by atoms with Crippen LogP contribution in [0, 0.1) is 0 Å². The Hall–Kier alpha value is -7.42. The summed E-state index contributed by atoms with van der Waals surface area (Å²) in [4.78, 5) is 0. The standard InChI is InChI=1S/C60H44N2/c1-59(2)47-33-31-39(61-49-27-15-11-23-41(49)42-24-12-16-28-50(42)61)35-45(47)55-53(37-19-7-5-8-20-37)56-46-36-40(62-51-29-17-13-25-43(51)44-26-14-18-30-52(44)62)32-34-48(46)60(3,4)58(56)54(57(55)59)38-21-9-6-10-22-38/h5-36H,1-4H3. The van der Waals surface area contributed by atoms with Gasteiger partial charge in [0.2, 0.25) is 0 Å². The number of hydrogen-bond donors (Lipinski definition) is 0. The second kappa shape index (κ2) is 12.6. The van der Waals surface area contributed by atoms with Crippen molar-refractivity contribution in [2.24, 2.45) is 0 Å². The van der Waals surface area contributed by atoms with Crippen LogP contribution in [0.4, 0.5) is 0 Å².